The van der Waals surface area contributed by atoms with E-state index in [4.69, 9.17) is 5.10 Å². The molecule has 120 valence electrons. The fourth-order valence-electron chi connectivity index (χ4n) is 3.05. The van der Waals surface area contributed by atoms with Crippen LogP contribution in [0.2, 0.25) is 0 Å². The molecule has 0 amide bonds. The van der Waals surface area contributed by atoms with Gasteiger partial charge in [-0.25, -0.2) is 4.98 Å². The molecule has 0 unspecified atom stereocenters. The number of nitro groups is 1. The number of fused-ring (bicyclic) bond motifs is 2. The third-order valence-electron chi connectivity index (χ3n) is 4.24. The molecule has 0 radical (unpaired) electrons. The second-order valence-electron chi connectivity index (χ2n) is 5.61. The van der Waals surface area contributed by atoms with Crippen LogP contribution in [0.4, 0.5) is 5.69 Å². The molecule has 0 fully saturated rings. The van der Waals surface area contributed by atoms with Crippen LogP contribution < -0.4 is 0 Å². The van der Waals surface area contributed by atoms with Crippen molar-refractivity contribution in [3.8, 4) is 11.5 Å². The van der Waals surface area contributed by atoms with Gasteiger partial charge in [0.25, 0.3) is 5.69 Å². The SMILES string of the molecule is CCn1nc(-c2nc3cc([N+](=O)[O-])ccc3n2C)c2ccccc21. The Morgan fingerprint density at radius 1 is 1.17 bits per heavy atom. The van der Waals surface area contributed by atoms with E-state index in [0.717, 1.165) is 28.7 Å². The number of non-ortho nitro benzene ring substituents is 1. The molecule has 2 aromatic carbocycles. The molecule has 0 atom stereocenters. The van der Waals surface area contributed by atoms with Gasteiger partial charge in [0.15, 0.2) is 5.82 Å². The van der Waals surface area contributed by atoms with Crippen molar-refractivity contribution in [2.24, 2.45) is 7.05 Å². The summed E-state index contributed by atoms with van der Waals surface area (Å²) in [6, 6.07) is 12.7. The average Bonchev–Trinajstić information content (AvgIpc) is 3.12. The summed E-state index contributed by atoms with van der Waals surface area (Å²) in [7, 11) is 1.90. The van der Waals surface area contributed by atoms with Crippen LogP contribution in [-0.2, 0) is 13.6 Å². The van der Waals surface area contributed by atoms with E-state index in [0.29, 0.717) is 11.3 Å². The number of benzene rings is 2. The molecule has 4 aromatic rings. The van der Waals surface area contributed by atoms with Gasteiger partial charge < -0.3 is 4.57 Å². The lowest BCUT2D eigenvalue weighted by Crippen LogP contribution is -1.97. The second-order valence-corrected chi connectivity index (χ2v) is 5.61. The Bertz CT molecular complexity index is 1090. The van der Waals surface area contributed by atoms with Crippen molar-refractivity contribution in [1.29, 1.82) is 0 Å². The normalized spacial score (nSPS) is 11.4. The Morgan fingerprint density at radius 2 is 1.96 bits per heavy atom. The topological polar surface area (TPSA) is 78.8 Å². The molecule has 0 bridgehead atoms. The summed E-state index contributed by atoms with van der Waals surface area (Å²) in [6.07, 6.45) is 0. The Balaban J connectivity index is 2.00. The number of para-hydroxylation sites is 1. The summed E-state index contributed by atoms with van der Waals surface area (Å²) >= 11 is 0. The minimum Gasteiger partial charge on any atom is -0.326 e. The zero-order valence-corrected chi connectivity index (χ0v) is 13.3. The fourth-order valence-corrected chi connectivity index (χ4v) is 3.05. The van der Waals surface area contributed by atoms with Crippen LogP contribution in [0.25, 0.3) is 33.5 Å². The molecule has 2 heterocycles. The molecule has 24 heavy (non-hydrogen) atoms. The summed E-state index contributed by atoms with van der Waals surface area (Å²) in [6.45, 7) is 2.80. The molecule has 0 aliphatic heterocycles. The van der Waals surface area contributed by atoms with Crippen molar-refractivity contribution in [3.63, 3.8) is 0 Å². The van der Waals surface area contributed by atoms with Gasteiger partial charge in [-0.05, 0) is 19.1 Å². The Morgan fingerprint density at radius 3 is 2.71 bits per heavy atom. The summed E-state index contributed by atoms with van der Waals surface area (Å²) in [5.41, 5.74) is 3.31. The highest BCUT2D eigenvalue weighted by atomic mass is 16.6. The van der Waals surface area contributed by atoms with E-state index in [-0.39, 0.29) is 5.69 Å². The summed E-state index contributed by atoms with van der Waals surface area (Å²) in [5, 5.41) is 16.7. The molecular weight excluding hydrogens is 306 g/mol. The van der Waals surface area contributed by atoms with Crippen LogP contribution in [0.1, 0.15) is 6.92 Å². The smallest absolute Gasteiger partial charge is 0.271 e. The fraction of sp³-hybridized carbons (Fsp3) is 0.176. The summed E-state index contributed by atoms with van der Waals surface area (Å²) < 4.78 is 3.86. The Labute approximate surface area is 137 Å². The third kappa shape index (κ3) is 1.98. The summed E-state index contributed by atoms with van der Waals surface area (Å²) in [5.74, 6) is 0.703. The van der Waals surface area contributed by atoms with Crippen molar-refractivity contribution in [3.05, 3.63) is 52.6 Å². The van der Waals surface area contributed by atoms with Gasteiger partial charge in [0.2, 0.25) is 0 Å². The van der Waals surface area contributed by atoms with Crippen molar-refractivity contribution < 1.29 is 4.92 Å². The van der Waals surface area contributed by atoms with Crippen molar-refractivity contribution in [2.75, 3.05) is 0 Å². The summed E-state index contributed by atoms with van der Waals surface area (Å²) in [4.78, 5) is 15.2. The molecule has 0 saturated heterocycles. The molecule has 7 nitrogen and oxygen atoms in total. The molecule has 7 heteroatoms. The van der Waals surface area contributed by atoms with Crippen molar-refractivity contribution in [2.45, 2.75) is 13.5 Å². The van der Waals surface area contributed by atoms with E-state index < -0.39 is 4.92 Å². The predicted molar refractivity (Wildman–Crippen MR) is 91.8 cm³/mol. The van der Waals surface area contributed by atoms with E-state index in [1.807, 2.05) is 47.5 Å². The number of nitrogens with zero attached hydrogens (tertiary/aromatic N) is 5. The highest BCUT2D eigenvalue weighted by Crippen LogP contribution is 2.30. The number of hydrogen-bond acceptors (Lipinski definition) is 4. The van der Waals surface area contributed by atoms with E-state index in [2.05, 4.69) is 4.98 Å². The maximum absolute atomic E-state index is 11.0. The standard InChI is InChI=1S/C17H15N5O2/c1-3-21-14-7-5-4-6-12(14)16(19-21)17-18-13-10-11(22(23)24)8-9-15(13)20(17)2/h4-10H,3H2,1-2H3. The molecular formula is C17H15N5O2. The van der Waals surface area contributed by atoms with Gasteiger partial charge in [-0.15, -0.1) is 0 Å². The van der Waals surface area contributed by atoms with E-state index in [1.54, 1.807) is 6.07 Å². The van der Waals surface area contributed by atoms with E-state index in [9.17, 15) is 10.1 Å². The highest BCUT2D eigenvalue weighted by molar-refractivity contribution is 5.94. The zero-order chi connectivity index (χ0) is 16.8. The minimum absolute atomic E-state index is 0.0381. The molecule has 4 rings (SSSR count). The largest absolute Gasteiger partial charge is 0.326 e. The van der Waals surface area contributed by atoms with Crippen LogP contribution in [-0.4, -0.2) is 24.3 Å². The highest BCUT2D eigenvalue weighted by Gasteiger charge is 2.18. The van der Waals surface area contributed by atoms with Crippen LogP contribution >= 0.6 is 0 Å². The monoisotopic (exact) mass is 321 g/mol. The van der Waals surface area contributed by atoms with Crippen LogP contribution in [0.15, 0.2) is 42.5 Å². The van der Waals surface area contributed by atoms with Crippen LogP contribution in [0.3, 0.4) is 0 Å². The van der Waals surface area contributed by atoms with E-state index >= 15 is 0 Å². The lowest BCUT2D eigenvalue weighted by atomic mass is 10.2. The van der Waals surface area contributed by atoms with Gasteiger partial charge in [-0.2, -0.15) is 5.10 Å². The minimum atomic E-state index is -0.408. The number of nitro benzene ring substituents is 1. The molecule has 2 aromatic heterocycles. The first-order valence-corrected chi connectivity index (χ1v) is 7.67. The van der Waals surface area contributed by atoms with Crippen LogP contribution in [0.5, 0.6) is 0 Å². The molecule has 0 saturated carbocycles. The molecule has 0 aliphatic rings. The molecule has 0 N–H and O–H groups in total. The first-order chi connectivity index (χ1) is 11.6. The van der Waals surface area contributed by atoms with Gasteiger partial charge in [0.05, 0.1) is 21.5 Å². The number of hydrogen-bond donors (Lipinski definition) is 0. The van der Waals surface area contributed by atoms with E-state index in [1.165, 1.54) is 12.1 Å². The Hall–Kier alpha value is -3.22. The van der Waals surface area contributed by atoms with Gasteiger partial charge in [-0.1, -0.05) is 18.2 Å². The number of aryl methyl sites for hydroxylation is 2. The Kier molecular flexibility index (Phi) is 3.09. The molecule has 0 aliphatic carbocycles. The van der Waals surface area contributed by atoms with Crippen molar-refractivity contribution >= 4 is 27.6 Å². The quantitative estimate of drug-likeness (QED) is 0.427. The average molecular weight is 321 g/mol. The number of imidazole rings is 1. The van der Waals surface area contributed by atoms with Gasteiger partial charge in [0.1, 0.15) is 5.69 Å². The van der Waals surface area contributed by atoms with Gasteiger partial charge in [-0.3, -0.25) is 14.8 Å². The number of rotatable bonds is 3. The van der Waals surface area contributed by atoms with Gasteiger partial charge in [0, 0.05) is 31.1 Å². The van der Waals surface area contributed by atoms with Crippen LogP contribution in [0, 0.1) is 10.1 Å². The first kappa shape index (κ1) is 14.4. The predicted octanol–water partition coefficient (Wildman–Crippen LogP) is 3.52. The first-order valence-electron chi connectivity index (χ1n) is 7.67. The molecule has 0 spiro atoms. The zero-order valence-electron chi connectivity index (χ0n) is 13.3. The van der Waals surface area contributed by atoms with Gasteiger partial charge >= 0.3 is 0 Å². The lowest BCUT2D eigenvalue weighted by Gasteiger charge is -1.99. The number of aromatic nitrogens is 4. The maximum atomic E-state index is 11.0. The van der Waals surface area contributed by atoms with Crippen molar-refractivity contribution in [1.82, 2.24) is 19.3 Å². The lowest BCUT2D eigenvalue weighted by molar-refractivity contribution is -0.384. The maximum Gasteiger partial charge on any atom is 0.271 e. The second kappa shape index (κ2) is 5.16. The third-order valence-corrected chi connectivity index (χ3v) is 4.24.